The summed E-state index contributed by atoms with van der Waals surface area (Å²) in [6.07, 6.45) is -10.9. The van der Waals surface area contributed by atoms with Crippen LogP contribution in [0.2, 0.25) is 0 Å². The van der Waals surface area contributed by atoms with Gasteiger partial charge in [0.2, 0.25) is 0 Å². The van der Waals surface area contributed by atoms with E-state index in [1.165, 1.54) is 0 Å². The molecule has 0 aromatic heterocycles. The third-order valence-corrected chi connectivity index (χ3v) is 3.54. The number of ether oxygens (including phenoxy) is 1. The SMILES string of the molecule is CC(c1ccc(Oc2ccccc2)cc1)(C(F)(F)F)C(F)(F)F. The van der Waals surface area contributed by atoms with Crippen LogP contribution < -0.4 is 4.74 Å². The number of alkyl halides is 6. The molecule has 23 heavy (non-hydrogen) atoms. The smallest absolute Gasteiger partial charge is 0.406 e. The normalized spacial score (nSPS) is 13.0. The first-order valence-electron chi connectivity index (χ1n) is 6.52. The molecule has 0 fully saturated rings. The van der Waals surface area contributed by atoms with Crippen LogP contribution in [0.1, 0.15) is 12.5 Å². The summed E-state index contributed by atoms with van der Waals surface area (Å²) >= 11 is 0. The molecule has 0 atom stereocenters. The third kappa shape index (κ3) is 3.28. The lowest BCUT2D eigenvalue weighted by molar-refractivity contribution is -0.297. The molecular weight excluding hydrogens is 322 g/mol. The molecule has 0 aliphatic carbocycles. The third-order valence-electron chi connectivity index (χ3n) is 3.54. The summed E-state index contributed by atoms with van der Waals surface area (Å²) in [5, 5.41) is 0. The zero-order chi connectivity index (χ0) is 17.3. The van der Waals surface area contributed by atoms with E-state index < -0.39 is 23.3 Å². The van der Waals surface area contributed by atoms with Gasteiger partial charge in [0.15, 0.2) is 5.41 Å². The number of hydrogen-bond acceptors (Lipinski definition) is 1. The second-order valence-corrected chi connectivity index (χ2v) is 5.06. The fraction of sp³-hybridized carbons (Fsp3) is 0.250. The Hall–Kier alpha value is -2.18. The first-order chi connectivity index (χ1) is 10.6. The maximum Gasteiger partial charge on any atom is 0.406 e. The zero-order valence-electron chi connectivity index (χ0n) is 11.9. The Morgan fingerprint density at radius 2 is 1.09 bits per heavy atom. The van der Waals surface area contributed by atoms with Crippen molar-refractivity contribution in [3.8, 4) is 11.5 Å². The van der Waals surface area contributed by atoms with Crippen molar-refractivity contribution in [2.24, 2.45) is 0 Å². The molecule has 0 amide bonds. The van der Waals surface area contributed by atoms with Gasteiger partial charge in [0, 0.05) is 0 Å². The van der Waals surface area contributed by atoms with Crippen molar-refractivity contribution in [1.29, 1.82) is 0 Å². The summed E-state index contributed by atoms with van der Waals surface area (Å²) in [6, 6.07) is 12.1. The van der Waals surface area contributed by atoms with Crippen LogP contribution in [-0.2, 0) is 5.41 Å². The molecule has 124 valence electrons. The second kappa shape index (κ2) is 5.79. The van der Waals surface area contributed by atoms with Crippen molar-refractivity contribution in [3.05, 3.63) is 60.2 Å². The maximum absolute atomic E-state index is 13.0. The van der Waals surface area contributed by atoms with Crippen LogP contribution >= 0.6 is 0 Å². The molecule has 0 N–H and O–H groups in total. The molecule has 2 rings (SSSR count). The van der Waals surface area contributed by atoms with Gasteiger partial charge in [0.1, 0.15) is 11.5 Å². The number of para-hydroxylation sites is 1. The molecule has 0 saturated heterocycles. The van der Waals surface area contributed by atoms with E-state index in [-0.39, 0.29) is 12.7 Å². The van der Waals surface area contributed by atoms with Gasteiger partial charge in [-0.3, -0.25) is 0 Å². The van der Waals surface area contributed by atoms with Gasteiger partial charge >= 0.3 is 12.4 Å². The van der Waals surface area contributed by atoms with Crippen molar-refractivity contribution in [3.63, 3.8) is 0 Å². The van der Waals surface area contributed by atoms with Gasteiger partial charge in [-0.25, -0.2) is 0 Å². The fourth-order valence-corrected chi connectivity index (χ4v) is 1.97. The van der Waals surface area contributed by atoms with Crippen LogP contribution in [0.5, 0.6) is 11.5 Å². The van der Waals surface area contributed by atoms with Crippen LogP contribution in [0.3, 0.4) is 0 Å². The van der Waals surface area contributed by atoms with E-state index in [2.05, 4.69) is 0 Å². The van der Waals surface area contributed by atoms with E-state index in [9.17, 15) is 26.3 Å². The predicted octanol–water partition coefficient (Wildman–Crippen LogP) is 5.86. The van der Waals surface area contributed by atoms with Gasteiger partial charge in [0.05, 0.1) is 0 Å². The van der Waals surface area contributed by atoms with Crippen molar-refractivity contribution < 1.29 is 31.1 Å². The summed E-state index contributed by atoms with van der Waals surface area (Å²) in [7, 11) is 0. The van der Waals surface area contributed by atoms with Crippen LogP contribution in [0.4, 0.5) is 26.3 Å². The van der Waals surface area contributed by atoms with Crippen LogP contribution in [0.15, 0.2) is 54.6 Å². The van der Waals surface area contributed by atoms with Gasteiger partial charge in [0.25, 0.3) is 0 Å². The molecule has 0 unspecified atom stereocenters. The highest BCUT2D eigenvalue weighted by Gasteiger charge is 2.68. The van der Waals surface area contributed by atoms with E-state index in [4.69, 9.17) is 4.74 Å². The molecule has 0 saturated carbocycles. The average Bonchev–Trinajstić information content (AvgIpc) is 2.46. The lowest BCUT2D eigenvalue weighted by Gasteiger charge is -2.34. The Bertz CT molecular complexity index is 629. The first-order valence-corrected chi connectivity index (χ1v) is 6.52. The van der Waals surface area contributed by atoms with E-state index in [0.29, 0.717) is 5.75 Å². The molecule has 2 aromatic rings. The summed E-state index contributed by atoms with van der Waals surface area (Å²) < 4.78 is 83.2. The minimum absolute atomic E-state index is 0.125. The van der Waals surface area contributed by atoms with E-state index in [1.807, 2.05) is 0 Å². The summed E-state index contributed by atoms with van der Waals surface area (Å²) in [5.41, 5.74) is -4.83. The van der Waals surface area contributed by atoms with Gasteiger partial charge in [-0.05, 0) is 36.8 Å². The molecule has 0 aliphatic rings. The molecule has 0 bridgehead atoms. The quantitative estimate of drug-likeness (QED) is 0.639. The number of benzene rings is 2. The topological polar surface area (TPSA) is 9.23 Å². The molecule has 0 radical (unpaired) electrons. The predicted molar refractivity (Wildman–Crippen MR) is 72.4 cm³/mol. The summed E-state index contributed by atoms with van der Waals surface area (Å²) in [6.45, 7) is 0.125. The second-order valence-electron chi connectivity index (χ2n) is 5.06. The van der Waals surface area contributed by atoms with Gasteiger partial charge in [-0.15, -0.1) is 0 Å². The molecular formula is C16H12F6O. The number of halogens is 6. The first kappa shape index (κ1) is 17.2. The van der Waals surface area contributed by atoms with E-state index in [0.717, 1.165) is 24.3 Å². The van der Waals surface area contributed by atoms with Crippen molar-refractivity contribution >= 4 is 0 Å². The van der Waals surface area contributed by atoms with E-state index >= 15 is 0 Å². The molecule has 2 aromatic carbocycles. The highest BCUT2D eigenvalue weighted by atomic mass is 19.4. The van der Waals surface area contributed by atoms with Crippen molar-refractivity contribution in [1.82, 2.24) is 0 Å². The van der Waals surface area contributed by atoms with Gasteiger partial charge < -0.3 is 4.74 Å². The Morgan fingerprint density at radius 3 is 1.52 bits per heavy atom. The summed E-state index contributed by atoms with van der Waals surface area (Å²) in [4.78, 5) is 0. The van der Waals surface area contributed by atoms with Gasteiger partial charge in [-0.1, -0.05) is 30.3 Å². The molecule has 1 nitrogen and oxygen atoms in total. The Morgan fingerprint density at radius 1 is 0.652 bits per heavy atom. The monoisotopic (exact) mass is 334 g/mol. The lowest BCUT2D eigenvalue weighted by Crippen LogP contribution is -2.51. The molecule has 0 aliphatic heterocycles. The molecule has 0 heterocycles. The minimum atomic E-state index is -5.47. The average molecular weight is 334 g/mol. The van der Waals surface area contributed by atoms with Crippen molar-refractivity contribution in [2.75, 3.05) is 0 Å². The highest BCUT2D eigenvalue weighted by Crippen LogP contribution is 2.51. The van der Waals surface area contributed by atoms with E-state index in [1.54, 1.807) is 30.3 Å². The van der Waals surface area contributed by atoms with Crippen LogP contribution in [0, 0.1) is 0 Å². The van der Waals surface area contributed by atoms with Crippen LogP contribution in [0.25, 0.3) is 0 Å². The molecule has 7 heteroatoms. The Balaban J connectivity index is 2.34. The highest BCUT2D eigenvalue weighted by molar-refractivity contribution is 5.37. The Labute approximate surface area is 128 Å². The maximum atomic E-state index is 13.0. The molecule has 0 spiro atoms. The standard InChI is InChI=1S/C16H12F6O/c1-14(15(17,18)19,16(20,21)22)11-7-9-13(10-8-11)23-12-5-3-2-4-6-12/h2-10H,1H3. The number of rotatable bonds is 3. The fourth-order valence-electron chi connectivity index (χ4n) is 1.97. The largest absolute Gasteiger partial charge is 0.457 e. The summed E-state index contributed by atoms with van der Waals surface area (Å²) in [5.74, 6) is 0.571. The lowest BCUT2D eigenvalue weighted by atomic mass is 9.81. The van der Waals surface area contributed by atoms with Crippen molar-refractivity contribution in [2.45, 2.75) is 24.7 Å². The zero-order valence-corrected chi connectivity index (χ0v) is 11.9. The van der Waals surface area contributed by atoms with Gasteiger partial charge in [-0.2, -0.15) is 26.3 Å². The number of hydrogen-bond donors (Lipinski definition) is 0. The van der Waals surface area contributed by atoms with Crippen LogP contribution in [-0.4, -0.2) is 12.4 Å². The minimum Gasteiger partial charge on any atom is -0.457 e. The Kier molecular flexibility index (Phi) is 4.32.